The molecule has 1 aromatic rings. The Hall–Kier alpha value is -0.980. The molecule has 0 aromatic heterocycles. The summed E-state index contributed by atoms with van der Waals surface area (Å²) in [5, 5.41) is 3.03. The van der Waals surface area contributed by atoms with E-state index in [9.17, 15) is 0 Å². The summed E-state index contributed by atoms with van der Waals surface area (Å²) >= 11 is 0. The van der Waals surface area contributed by atoms with E-state index in [2.05, 4.69) is 17.2 Å². The van der Waals surface area contributed by atoms with Gasteiger partial charge in [0, 0.05) is 6.54 Å². The number of halogens is 1. The van der Waals surface area contributed by atoms with Gasteiger partial charge in [-0.15, -0.1) is 24.0 Å². The zero-order valence-electron chi connectivity index (χ0n) is 10.3. The molecule has 0 spiro atoms. The van der Waals surface area contributed by atoms with Crippen LogP contribution in [0.5, 0.6) is 5.75 Å². The van der Waals surface area contributed by atoms with Gasteiger partial charge < -0.3 is 15.8 Å². The number of hydrogen-bond acceptors (Lipinski definition) is 2. The molecule has 0 saturated carbocycles. The second kappa shape index (κ2) is 9.09. The van der Waals surface area contributed by atoms with Crippen molar-refractivity contribution in [3.05, 3.63) is 29.8 Å². The highest BCUT2D eigenvalue weighted by atomic mass is 127. The Morgan fingerprint density at radius 1 is 1.35 bits per heavy atom. The number of hydrogen-bond donors (Lipinski definition) is 2. The molecule has 5 heteroatoms. The number of rotatable bonds is 5. The lowest BCUT2D eigenvalue weighted by Gasteiger charge is -2.04. The number of aliphatic imine (C=N–C) groups is 1. The first-order chi connectivity index (χ1) is 7.76. The summed E-state index contributed by atoms with van der Waals surface area (Å²) in [6, 6.07) is 7.80. The molecule has 17 heavy (non-hydrogen) atoms. The normalized spacial score (nSPS) is 10.6. The molecule has 0 radical (unpaired) electrons. The third kappa shape index (κ3) is 6.35. The van der Waals surface area contributed by atoms with Crippen LogP contribution in [0.2, 0.25) is 0 Å². The van der Waals surface area contributed by atoms with E-state index in [0.29, 0.717) is 12.5 Å². The van der Waals surface area contributed by atoms with E-state index in [1.807, 2.05) is 24.3 Å². The van der Waals surface area contributed by atoms with Gasteiger partial charge in [0.15, 0.2) is 5.96 Å². The van der Waals surface area contributed by atoms with Crippen molar-refractivity contribution in [3.8, 4) is 5.75 Å². The number of benzene rings is 1. The first kappa shape index (κ1) is 16.0. The van der Waals surface area contributed by atoms with E-state index in [0.717, 1.165) is 24.3 Å². The van der Waals surface area contributed by atoms with Gasteiger partial charge >= 0.3 is 0 Å². The fraction of sp³-hybridized carbons (Fsp3) is 0.417. The maximum absolute atomic E-state index is 5.68. The second-order valence-electron chi connectivity index (χ2n) is 3.48. The smallest absolute Gasteiger partial charge is 0.188 e. The molecule has 0 unspecified atom stereocenters. The minimum absolute atomic E-state index is 0. The van der Waals surface area contributed by atoms with Gasteiger partial charge in [-0.05, 0) is 24.1 Å². The van der Waals surface area contributed by atoms with Crippen molar-refractivity contribution in [2.45, 2.75) is 19.9 Å². The van der Waals surface area contributed by atoms with Gasteiger partial charge in [-0.25, -0.2) is 4.99 Å². The van der Waals surface area contributed by atoms with E-state index in [1.165, 1.54) is 0 Å². The van der Waals surface area contributed by atoms with E-state index < -0.39 is 0 Å². The number of nitrogens with one attached hydrogen (secondary N) is 1. The minimum atomic E-state index is 0. The van der Waals surface area contributed by atoms with E-state index in [-0.39, 0.29) is 24.0 Å². The Balaban J connectivity index is 0.00000256. The molecule has 96 valence electrons. The standard InChI is InChI=1S/C12H19N3O.HI/c1-3-8-14-12(13)15-9-10-4-6-11(16-2)7-5-10;/h4-7H,3,8-9H2,1-2H3,(H3,13,14,15);1H. The van der Waals surface area contributed by atoms with Crippen LogP contribution in [0.15, 0.2) is 29.3 Å². The summed E-state index contributed by atoms with van der Waals surface area (Å²) in [7, 11) is 1.65. The molecule has 0 amide bonds. The number of methoxy groups -OCH3 is 1. The fourth-order valence-electron chi connectivity index (χ4n) is 1.22. The van der Waals surface area contributed by atoms with Crippen molar-refractivity contribution in [1.29, 1.82) is 0 Å². The van der Waals surface area contributed by atoms with Crippen LogP contribution in [-0.4, -0.2) is 19.6 Å². The maximum Gasteiger partial charge on any atom is 0.188 e. The third-order valence-electron chi connectivity index (χ3n) is 2.15. The molecular weight excluding hydrogens is 329 g/mol. The molecule has 0 bridgehead atoms. The number of guanidine groups is 1. The maximum atomic E-state index is 5.68. The monoisotopic (exact) mass is 349 g/mol. The first-order valence-electron chi connectivity index (χ1n) is 5.43. The fourth-order valence-corrected chi connectivity index (χ4v) is 1.22. The first-order valence-corrected chi connectivity index (χ1v) is 5.43. The van der Waals surface area contributed by atoms with Crippen LogP contribution in [0.4, 0.5) is 0 Å². The van der Waals surface area contributed by atoms with Gasteiger partial charge in [0.05, 0.1) is 13.7 Å². The highest BCUT2D eigenvalue weighted by molar-refractivity contribution is 14.0. The topological polar surface area (TPSA) is 59.6 Å². The van der Waals surface area contributed by atoms with Crippen molar-refractivity contribution < 1.29 is 4.74 Å². The molecule has 0 aliphatic carbocycles. The molecule has 1 aromatic carbocycles. The molecule has 0 fully saturated rings. The Labute approximate surface area is 120 Å². The summed E-state index contributed by atoms with van der Waals surface area (Å²) in [6.07, 6.45) is 1.04. The van der Waals surface area contributed by atoms with E-state index >= 15 is 0 Å². The highest BCUT2D eigenvalue weighted by Crippen LogP contribution is 2.11. The molecule has 4 nitrogen and oxygen atoms in total. The SMILES string of the molecule is CCCNC(N)=NCc1ccc(OC)cc1.I. The minimum Gasteiger partial charge on any atom is -0.497 e. The molecule has 0 atom stereocenters. The zero-order chi connectivity index (χ0) is 11.8. The average Bonchev–Trinajstić information content (AvgIpc) is 2.34. The quantitative estimate of drug-likeness (QED) is 0.486. The van der Waals surface area contributed by atoms with Crippen LogP contribution in [-0.2, 0) is 6.54 Å². The van der Waals surface area contributed by atoms with Gasteiger partial charge in [-0.2, -0.15) is 0 Å². The Bertz CT molecular complexity index is 338. The molecule has 0 heterocycles. The van der Waals surface area contributed by atoms with Gasteiger partial charge in [0.25, 0.3) is 0 Å². The van der Waals surface area contributed by atoms with Gasteiger partial charge in [-0.3, -0.25) is 0 Å². The van der Waals surface area contributed by atoms with E-state index in [1.54, 1.807) is 7.11 Å². The number of nitrogens with zero attached hydrogens (tertiary/aromatic N) is 1. The zero-order valence-corrected chi connectivity index (χ0v) is 12.6. The largest absolute Gasteiger partial charge is 0.497 e. The Morgan fingerprint density at radius 3 is 2.53 bits per heavy atom. The lowest BCUT2D eigenvalue weighted by atomic mass is 10.2. The van der Waals surface area contributed by atoms with Crippen LogP contribution >= 0.6 is 24.0 Å². The van der Waals surface area contributed by atoms with Crippen LogP contribution in [0, 0.1) is 0 Å². The van der Waals surface area contributed by atoms with Crippen LogP contribution < -0.4 is 15.8 Å². The summed E-state index contributed by atoms with van der Waals surface area (Å²) in [4.78, 5) is 4.23. The predicted molar refractivity (Wildman–Crippen MR) is 82.0 cm³/mol. The summed E-state index contributed by atoms with van der Waals surface area (Å²) in [5.74, 6) is 1.35. The van der Waals surface area contributed by atoms with Crippen molar-refractivity contribution >= 4 is 29.9 Å². The van der Waals surface area contributed by atoms with E-state index in [4.69, 9.17) is 10.5 Å². The van der Waals surface area contributed by atoms with Gasteiger partial charge in [-0.1, -0.05) is 19.1 Å². The Kier molecular flexibility index (Phi) is 8.57. The van der Waals surface area contributed by atoms with Crippen LogP contribution in [0.1, 0.15) is 18.9 Å². The van der Waals surface area contributed by atoms with Crippen LogP contribution in [0.25, 0.3) is 0 Å². The average molecular weight is 349 g/mol. The number of ether oxygens (including phenoxy) is 1. The lowest BCUT2D eigenvalue weighted by molar-refractivity contribution is 0.414. The number of nitrogens with two attached hydrogens (primary N) is 1. The molecular formula is C12H20IN3O. The molecule has 3 N–H and O–H groups in total. The summed E-state index contributed by atoms with van der Waals surface area (Å²) < 4.78 is 5.08. The highest BCUT2D eigenvalue weighted by Gasteiger charge is 1.94. The van der Waals surface area contributed by atoms with Gasteiger partial charge in [0.2, 0.25) is 0 Å². The lowest BCUT2D eigenvalue weighted by Crippen LogP contribution is -2.32. The van der Waals surface area contributed by atoms with Crippen molar-refractivity contribution in [2.24, 2.45) is 10.7 Å². The van der Waals surface area contributed by atoms with Gasteiger partial charge in [0.1, 0.15) is 5.75 Å². The molecule has 0 saturated heterocycles. The predicted octanol–water partition coefficient (Wildman–Crippen LogP) is 2.13. The molecule has 0 aliphatic heterocycles. The summed E-state index contributed by atoms with van der Waals surface area (Å²) in [6.45, 7) is 3.54. The van der Waals surface area contributed by atoms with Crippen LogP contribution in [0.3, 0.4) is 0 Å². The molecule has 0 aliphatic rings. The van der Waals surface area contributed by atoms with Crippen molar-refractivity contribution in [1.82, 2.24) is 5.32 Å². The second-order valence-corrected chi connectivity index (χ2v) is 3.48. The van der Waals surface area contributed by atoms with Crippen molar-refractivity contribution in [3.63, 3.8) is 0 Å². The third-order valence-corrected chi connectivity index (χ3v) is 2.15. The Morgan fingerprint density at radius 2 is 2.00 bits per heavy atom. The van der Waals surface area contributed by atoms with Crippen molar-refractivity contribution in [2.75, 3.05) is 13.7 Å². The summed E-state index contributed by atoms with van der Waals surface area (Å²) in [5.41, 5.74) is 6.79. The molecule has 1 rings (SSSR count).